The predicted molar refractivity (Wildman–Crippen MR) is 66.2 cm³/mol. The van der Waals surface area contributed by atoms with Crippen molar-refractivity contribution < 1.29 is 9.13 Å². The van der Waals surface area contributed by atoms with Gasteiger partial charge < -0.3 is 4.74 Å². The minimum absolute atomic E-state index is 0.222. The van der Waals surface area contributed by atoms with Crippen LogP contribution in [0.4, 0.5) is 4.39 Å². The van der Waals surface area contributed by atoms with E-state index in [1.165, 1.54) is 7.11 Å². The first-order valence-corrected chi connectivity index (χ1v) is 5.53. The number of nitrogens with zero attached hydrogens (tertiary/aromatic N) is 1. The summed E-state index contributed by atoms with van der Waals surface area (Å²) >= 11 is 11.7. The molecule has 88 valence electrons. The quantitative estimate of drug-likeness (QED) is 0.764. The van der Waals surface area contributed by atoms with Crippen molar-refractivity contribution in [3.63, 3.8) is 0 Å². The Hall–Kier alpha value is -1.32. The van der Waals surface area contributed by atoms with Gasteiger partial charge >= 0.3 is 0 Å². The molecule has 0 saturated heterocycles. The van der Waals surface area contributed by atoms with Crippen LogP contribution in [0.5, 0.6) is 5.88 Å². The Balaban J connectivity index is 2.52. The van der Waals surface area contributed by atoms with E-state index in [1.807, 2.05) is 0 Å². The van der Waals surface area contributed by atoms with Crippen LogP contribution in [0.15, 0.2) is 30.3 Å². The Morgan fingerprint density at radius 2 is 1.76 bits per heavy atom. The van der Waals surface area contributed by atoms with Crippen LogP contribution in [0.25, 0.3) is 11.1 Å². The van der Waals surface area contributed by atoms with Crippen molar-refractivity contribution in [1.82, 2.24) is 4.98 Å². The number of halogens is 3. The summed E-state index contributed by atoms with van der Waals surface area (Å²) in [7, 11) is 1.43. The number of hydrogen-bond donors (Lipinski definition) is 0. The third-order valence-electron chi connectivity index (χ3n) is 2.21. The molecule has 0 N–H and O–H groups in total. The summed E-state index contributed by atoms with van der Waals surface area (Å²) in [6, 6.07) is 7.98. The summed E-state index contributed by atoms with van der Waals surface area (Å²) in [5.74, 6) is -0.401. The van der Waals surface area contributed by atoms with Crippen LogP contribution in [0.3, 0.4) is 0 Å². The third-order valence-corrected chi connectivity index (χ3v) is 2.64. The highest BCUT2D eigenvalue weighted by Crippen LogP contribution is 2.29. The number of hydrogen-bond acceptors (Lipinski definition) is 2. The van der Waals surface area contributed by atoms with Crippen LogP contribution in [-0.4, -0.2) is 12.1 Å². The Morgan fingerprint density at radius 3 is 2.29 bits per heavy atom. The van der Waals surface area contributed by atoms with Crippen LogP contribution < -0.4 is 4.74 Å². The van der Waals surface area contributed by atoms with Crippen LogP contribution >= 0.6 is 23.2 Å². The van der Waals surface area contributed by atoms with Gasteiger partial charge in [-0.1, -0.05) is 23.2 Å². The van der Waals surface area contributed by atoms with Crippen LogP contribution in [0, 0.1) is 5.95 Å². The maximum atomic E-state index is 13.7. The summed E-state index contributed by atoms with van der Waals surface area (Å²) < 4.78 is 18.5. The Kier molecular flexibility index (Phi) is 3.50. The molecular formula is C12H8Cl2FNO. The number of rotatable bonds is 2. The average molecular weight is 272 g/mol. The maximum absolute atomic E-state index is 13.7. The third kappa shape index (κ3) is 2.68. The molecule has 0 saturated carbocycles. The van der Waals surface area contributed by atoms with Gasteiger partial charge in [0, 0.05) is 21.7 Å². The lowest BCUT2D eigenvalue weighted by Gasteiger charge is -2.06. The second-order valence-electron chi connectivity index (χ2n) is 3.35. The highest BCUT2D eigenvalue weighted by Gasteiger charge is 2.09. The molecule has 0 bridgehead atoms. The lowest BCUT2D eigenvalue weighted by atomic mass is 10.1. The van der Waals surface area contributed by atoms with E-state index in [1.54, 1.807) is 30.3 Å². The highest BCUT2D eigenvalue weighted by atomic mass is 35.5. The van der Waals surface area contributed by atoms with Gasteiger partial charge in [-0.05, 0) is 29.8 Å². The molecule has 17 heavy (non-hydrogen) atoms. The average Bonchev–Trinajstić information content (AvgIpc) is 2.27. The SMILES string of the molecule is COc1ccc(-c2cc(Cl)cc(Cl)c2)c(F)n1. The van der Waals surface area contributed by atoms with Crippen molar-refractivity contribution in [3.05, 3.63) is 46.3 Å². The van der Waals surface area contributed by atoms with Gasteiger partial charge in [0.1, 0.15) is 0 Å². The highest BCUT2D eigenvalue weighted by molar-refractivity contribution is 6.35. The number of pyridine rings is 1. The molecule has 1 heterocycles. The molecule has 0 radical (unpaired) electrons. The topological polar surface area (TPSA) is 22.1 Å². The van der Waals surface area contributed by atoms with Crippen molar-refractivity contribution in [2.75, 3.05) is 7.11 Å². The second kappa shape index (κ2) is 4.90. The van der Waals surface area contributed by atoms with Gasteiger partial charge in [0.25, 0.3) is 0 Å². The van der Waals surface area contributed by atoms with E-state index < -0.39 is 5.95 Å². The zero-order valence-corrected chi connectivity index (χ0v) is 10.4. The number of benzene rings is 1. The Bertz CT molecular complexity index is 540. The van der Waals surface area contributed by atoms with Crippen molar-refractivity contribution in [3.8, 4) is 17.0 Å². The lowest BCUT2D eigenvalue weighted by Crippen LogP contribution is -1.93. The van der Waals surface area contributed by atoms with E-state index in [0.717, 1.165) is 0 Å². The molecule has 1 aromatic heterocycles. The molecule has 0 aliphatic heterocycles. The summed E-state index contributed by atoms with van der Waals surface area (Å²) in [4.78, 5) is 3.65. The molecular weight excluding hydrogens is 264 g/mol. The van der Waals surface area contributed by atoms with E-state index in [0.29, 0.717) is 21.2 Å². The largest absolute Gasteiger partial charge is 0.481 e. The summed E-state index contributed by atoms with van der Waals surface area (Å²) in [6.45, 7) is 0. The van der Waals surface area contributed by atoms with E-state index in [9.17, 15) is 4.39 Å². The van der Waals surface area contributed by atoms with Gasteiger partial charge in [0.05, 0.1) is 7.11 Å². The molecule has 0 spiro atoms. The summed E-state index contributed by atoms with van der Waals surface area (Å²) in [5.41, 5.74) is 0.908. The van der Waals surface area contributed by atoms with Crippen LogP contribution in [0.2, 0.25) is 10.0 Å². The Labute approximate surface area is 108 Å². The number of aromatic nitrogens is 1. The standard InChI is InChI=1S/C12H8Cl2FNO/c1-17-11-3-2-10(12(15)16-11)7-4-8(13)6-9(14)5-7/h2-6H,1H3. The summed E-state index contributed by atoms with van der Waals surface area (Å²) in [6.07, 6.45) is 0. The fourth-order valence-corrected chi connectivity index (χ4v) is 1.98. The minimum atomic E-state index is -0.623. The number of methoxy groups -OCH3 is 1. The normalized spacial score (nSPS) is 10.4. The zero-order valence-electron chi connectivity index (χ0n) is 8.88. The molecule has 2 aromatic rings. The first kappa shape index (κ1) is 12.1. The fourth-order valence-electron chi connectivity index (χ4n) is 1.46. The van der Waals surface area contributed by atoms with E-state index in [4.69, 9.17) is 27.9 Å². The minimum Gasteiger partial charge on any atom is -0.481 e. The summed E-state index contributed by atoms with van der Waals surface area (Å²) in [5, 5.41) is 0.894. The first-order valence-electron chi connectivity index (χ1n) is 4.77. The van der Waals surface area contributed by atoms with E-state index in [-0.39, 0.29) is 5.88 Å². The second-order valence-corrected chi connectivity index (χ2v) is 4.22. The molecule has 0 unspecified atom stereocenters. The van der Waals surface area contributed by atoms with Crippen molar-refractivity contribution >= 4 is 23.2 Å². The Morgan fingerprint density at radius 1 is 1.12 bits per heavy atom. The van der Waals surface area contributed by atoms with Gasteiger partial charge in [0.15, 0.2) is 0 Å². The molecule has 0 aliphatic carbocycles. The molecule has 1 aromatic carbocycles. The van der Waals surface area contributed by atoms with Crippen molar-refractivity contribution in [2.45, 2.75) is 0 Å². The van der Waals surface area contributed by atoms with E-state index >= 15 is 0 Å². The molecule has 0 fully saturated rings. The molecule has 2 nitrogen and oxygen atoms in total. The van der Waals surface area contributed by atoms with Gasteiger partial charge in [-0.25, -0.2) is 0 Å². The van der Waals surface area contributed by atoms with E-state index in [2.05, 4.69) is 4.98 Å². The molecule has 2 rings (SSSR count). The molecule has 0 amide bonds. The van der Waals surface area contributed by atoms with Crippen molar-refractivity contribution in [2.24, 2.45) is 0 Å². The maximum Gasteiger partial charge on any atom is 0.224 e. The fraction of sp³-hybridized carbons (Fsp3) is 0.0833. The first-order chi connectivity index (χ1) is 8.10. The molecule has 0 aliphatic rings. The van der Waals surface area contributed by atoms with Crippen molar-refractivity contribution in [1.29, 1.82) is 0 Å². The van der Waals surface area contributed by atoms with Crippen LogP contribution in [0.1, 0.15) is 0 Å². The van der Waals surface area contributed by atoms with Gasteiger partial charge in [-0.2, -0.15) is 9.37 Å². The predicted octanol–water partition coefficient (Wildman–Crippen LogP) is 4.20. The van der Waals surface area contributed by atoms with Crippen LogP contribution in [-0.2, 0) is 0 Å². The lowest BCUT2D eigenvalue weighted by molar-refractivity contribution is 0.388. The monoisotopic (exact) mass is 271 g/mol. The van der Waals surface area contributed by atoms with Gasteiger partial charge in [0.2, 0.25) is 11.8 Å². The van der Waals surface area contributed by atoms with Gasteiger partial charge in [-0.15, -0.1) is 0 Å². The smallest absolute Gasteiger partial charge is 0.224 e. The molecule has 5 heteroatoms. The molecule has 0 atom stereocenters. The van der Waals surface area contributed by atoms with Gasteiger partial charge in [-0.3, -0.25) is 0 Å². The zero-order chi connectivity index (χ0) is 12.4. The number of ether oxygens (including phenoxy) is 1.